The molecule has 0 aliphatic heterocycles. The number of nitrogens with two attached hydrogens (primary N) is 1. The van der Waals surface area contributed by atoms with Gasteiger partial charge in [0.15, 0.2) is 6.04 Å². The maximum Gasteiger partial charge on any atom is 0.282 e. The molecule has 6 heteroatoms. The SMILES string of the molecule is COc1cccc(C[NH2+][C@@H](C)C(=O)Nc2ccc(F)cc2Cl)c1. The summed E-state index contributed by atoms with van der Waals surface area (Å²) in [5.74, 6) is 0.151. The van der Waals surface area contributed by atoms with Crippen molar-refractivity contribution in [2.45, 2.75) is 19.5 Å². The summed E-state index contributed by atoms with van der Waals surface area (Å²) in [4.78, 5) is 12.2. The summed E-state index contributed by atoms with van der Waals surface area (Å²) < 4.78 is 18.2. The molecule has 0 aliphatic rings. The smallest absolute Gasteiger partial charge is 0.282 e. The van der Waals surface area contributed by atoms with Crippen molar-refractivity contribution in [1.29, 1.82) is 0 Å². The van der Waals surface area contributed by atoms with Gasteiger partial charge in [0.2, 0.25) is 0 Å². The molecule has 2 aromatic carbocycles. The Morgan fingerprint density at radius 3 is 2.83 bits per heavy atom. The summed E-state index contributed by atoms with van der Waals surface area (Å²) in [6, 6.07) is 11.2. The van der Waals surface area contributed by atoms with E-state index in [0.29, 0.717) is 12.2 Å². The molecule has 1 amide bonds. The van der Waals surface area contributed by atoms with Crippen molar-refractivity contribution in [2.24, 2.45) is 0 Å². The zero-order valence-corrected chi connectivity index (χ0v) is 13.7. The highest BCUT2D eigenvalue weighted by Crippen LogP contribution is 2.22. The summed E-state index contributed by atoms with van der Waals surface area (Å²) in [6.07, 6.45) is 0. The van der Waals surface area contributed by atoms with Crippen LogP contribution in [0, 0.1) is 5.82 Å². The molecular weight excluding hydrogens is 319 g/mol. The van der Waals surface area contributed by atoms with Gasteiger partial charge < -0.3 is 15.4 Å². The van der Waals surface area contributed by atoms with Crippen molar-refractivity contribution in [3.63, 3.8) is 0 Å². The molecule has 0 fully saturated rings. The molecule has 122 valence electrons. The fourth-order valence-corrected chi connectivity index (χ4v) is 2.27. The first-order valence-electron chi connectivity index (χ1n) is 7.22. The standard InChI is InChI=1S/C17H18ClFN2O2/c1-11(20-10-12-4-3-5-14(8-12)23-2)17(22)21-16-7-6-13(19)9-15(16)18/h3-9,11,20H,10H2,1-2H3,(H,21,22)/p+1/t11-/m0/s1. The third-order valence-corrected chi connectivity index (χ3v) is 3.76. The zero-order chi connectivity index (χ0) is 16.8. The lowest BCUT2D eigenvalue weighted by molar-refractivity contribution is -0.688. The Morgan fingerprint density at radius 1 is 1.35 bits per heavy atom. The molecule has 0 heterocycles. The van der Waals surface area contributed by atoms with Crippen molar-refractivity contribution >= 4 is 23.2 Å². The van der Waals surface area contributed by atoms with Crippen LogP contribution in [0.4, 0.5) is 10.1 Å². The second-order valence-electron chi connectivity index (χ2n) is 5.19. The number of nitrogens with one attached hydrogen (secondary N) is 1. The number of hydrogen-bond acceptors (Lipinski definition) is 2. The van der Waals surface area contributed by atoms with Crippen LogP contribution in [0.3, 0.4) is 0 Å². The summed E-state index contributed by atoms with van der Waals surface area (Å²) in [7, 11) is 1.62. The Hall–Kier alpha value is -2.11. The summed E-state index contributed by atoms with van der Waals surface area (Å²) in [5.41, 5.74) is 1.46. The number of quaternary nitrogens is 1. The van der Waals surface area contributed by atoms with Gasteiger partial charge in [0.05, 0.1) is 17.8 Å². The van der Waals surface area contributed by atoms with Crippen LogP contribution in [0.15, 0.2) is 42.5 Å². The zero-order valence-electron chi connectivity index (χ0n) is 13.0. The molecule has 0 aliphatic carbocycles. The Morgan fingerprint density at radius 2 is 2.13 bits per heavy atom. The quantitative estimate of drug-likeness (QED) is 0.851. The molecule has 0 saturated heterocycles. The number of anilines is 1. The predicted octanol–water partition coefficient (Wildman–Crippen LogP) is 2.58. The van der Waals surface area contributed by atoms with Crippen molar-refractivity contribution < 1.29 is 19.2 Å². The minimum absolute atomic E-state index is 0.179. The third-order valence-electron chi connectivity index (χ3n) is 3.44. The average molecular weight is 338 g/mol. The van der Waals surface area contributed by atoms with E-state index in [1.54, 1.807) is 14.0 Å². The van der Waals surface area contributed by atoms with Crippen molar-refractivity contribution in [2.75, 3.05) is 12.4 Å². The van der Waals surface area contributed by atoms with Crippen molar-refractivity contribution in [3.05, 3.63) is 58.9 Å². The molecular formula is C17H19ClFN2O2+. The van der Waals surface area contributed by atoms with Gasteiger partial charge in [-0.1, -0.05) is 23.7 Å². The number of amides is 1. The van der Waals surface area contributed by atoms with Crippen LogP contribution in [0.1, 0.15) is 12.5 Å². The van der Waals surface area contributed by atoms with Gasteiger partial charge in [0.25, 0.3) is 5.91 Å². The van der Waals surface area contributed by atoms with Crippen LogP contribution >= 0.6 is 11.6 Å². The van der Waals surface area contributed by atoms with Gasteiger partial charge in [0, 0.05) is 5.56 Å². The van der Waals surface area contributed by atoms with E-state index >= 15 is 0 Å². The summed E-state index contributed by atoms with van der Waals surface area (Å²) in [6.45, 7) is 2.44. The van der Waals surface area contributed by atoms with Crippen molar-refractivity contribution in [1.82, 2.24) is 0 Å². The molecule has 0 radical (unpaired) electrons. The molecule has 0 spiro atoms. The molecule has 4 nitrogen and oxygen atoms in total. The fourth-order valence-electron chi connectivity index (χ4n) is 2.06. The summed E-state index contributed by atoms with van der Waals surface area (Å²) in [5, 5.41) is 4.79. The van der Waals surface area contributed by atoms with Gasteiger partial charge in [-0.25, -0.2) is 4.39 Å². The number of rotatable bonds is 6. The molecule has 0 bridgehead atoms. The van der Waals surface area contributed by atoms with Crippen LogP contribution in [0.5, 0.6) is 5.75 Å². The topological polar surface area (TPSA) is 54.9 Å². The highest BCUT2D eigenvalue weighted by molar-refractivity contribution is 6.33. The maximum absolute atomic E-state index is 13.0. The van der Waals surface area contributed by atoms with Crippen LogP contribution in [0.2, 0.25) is 5.02 Å². The van der Waals surface area contributed by atoms with E-state index in [2.05, 4.69) is 5.32 Å². The lowest BCUT2D eigenvalue weighted by Gasteiger charge is -2.12. The van der Waals surface area contributed by atoms with E-state index in [0.717, 1.165) is 11.3 Å². The van der Waals surface area contributed by atoms with Gasteiger partial charge in [-0.3, -0.25) is 4.79 Å². The van der Waals surface area contributed by atoms with Crippen LogP contribution in [0.25, 0.3) is 0 Å². The maximum atomic E-state index is 13.0. The second kappa shape index (κ2) is 7.94. The lowest BCUT2D eigenvalue weighted by atomic mass is 10.2. The molecule has 0 saturated carbocycles. The van der Waals surface area contributed by atoms with Gasteiger partial charge >= 0.3 is 0 Å². The first kappa shape index (κ1) is 17.2. The Kier molecular flexibility index (Phi) is 5.96. The number of carbonyl (C=O) groups is 1. The number of hydrogen-bond donors (Lipinski definition) is 2. The fraction of sp³-hybridized carbons (Fsp3) is 0.235. The first-order chi connectivity index (χ1) is 11.0. The van der Waals surface area contributed by atoms with E-state index < -0.39 is 5.82 Å². The molecule has 3 N–H and O–H groups in total. The monoisotopic (exact) mass is 337 g/mol. The van der Waals surface area contributed by atoms with Gasteiger partial charge in [0.1, 0.15) is 18.1 Å². The van der Waals surface area contributed by atoms with E-state index in [1.807, 2.05) is 29.6 Å². The lowest BCUT2D eigenvalue weighted by Crippen LogP contribution is -2.90. The molecule has 1 atom stereocenters. The van der Waals surface area contributed by atoms with E-state index in [-0.39, 0.29) is 17.0 Å². The number of carbonyl (C=O) groups excluding carboxylic acids is 1. The molecule has 23 heavy (non-hydrogen) atoms. The summed E-state index contributed by atoms with van der Waals surface area (Å²) >= 11 is 5.91. The van der Waals surface area contributed by atoms with E-state index in [1.165, 1.54) is 18.2 Å². The Bertz CT molecular complexity index is 694. The van der Waals surface area contributed by atoms with Gasteiger partial charge in [-0.15, -0.1) is 0 Å². The van der Waals surface area contributed by atoms with Gasteiger partial charge in [-0.05, 0) is 37.3 Å². The minimum atomic E-state index is -0.439. The molecule has 2 rings (SSSR count). The molecule has 0 unspecified atom stereocenters. The van der Waals surface area contributed by atoms with E-state index in [4.69, 9.17) is 16.3 Å². The second-order valence-corrected chi connectivity index (χ2v) is 5.60. The Balaban J connectivity index is 1.91. The number of ether oxygens (including phenoxy) is 1. The molecule has 0 aromatic heterocycles. The Labute approximate surface area is 139 Å². The van der Waals surface area contributed by atoms with Crippen LogP contribution < -0.4 is 15.4 Å². The third kappa shape index (κ3) is 4.94. The normalized spacial score (nSPS) is 11.8. The van der Waals surface area contributed by atoms with E-state index in [9.17, 15) is 9.18 Å². The number of methoxy groups -OCH3 is 1. The van der Waals surface area contributed by atoms with Crippen LogP contribution in [-0.4, -0.2) is 19.1 Å². The van der Waals surface area contributed by atoms with Gasteiger partial charge in [-0.2, -0.15) is 0 Å². The largest absolute Gasteiger partial charge is 0.497 e. The highest BCUT2D eigenvalue weighted by Gasteiger charge is 2.17. The minimum Gasteiger partial charge on any atom is -0.497 e. The van der Waals surface area contributed by atoms with Crippen LogP contribution in [-0.2, 0) is 11.3 Å². The highest BCUT2D eigenvalue weighted by atomic mass is 35.5. The first-order valence-corrected chi connectivity index (χ1v) is 7.59. The molecule has 2 aromatic rings. The number of benzene rings is 2. The average Bonchev–Trinajstić information content (AvgIpc) is 2.55. The number of halogens is 2. The predicted molar refractivity (Wildman–Crippen MR) is 88.1 cm³/mol. The van der Waals surface area contributed by atoms with Crippen molar-refractivity contribution in [3.8, 4) is 5.75 Å².